The maximum atomic E-state index is 14.2. The van der Waals surface area contributed by atoms with Gasteiger partial charge in [0.05, 0.1) is 24.8 Å². The third kappa shape index (κ3) is 9.24. The fraction of sp³-hybridized carbons (Fsp3) is 0.185. The average molecular weight is 725 g/mol. The van der Waals surface area contributed by atoms with Gasteiger partial charge >= 0.3 is 19.4 Å². The van der Waals surface area contributed by atoms with Crippen molar-refractivity contribution >= 4 is 23.3 Å². The molecule has 17 nitrogen and oxygen atoms in total. The van der Waals surface area contributed by atoms with Gasteiger partial charge in [0.1, 0.15) is 23.9 Å². The lowest BCUT2D eigenvalue weighted by Gasteiger charge is -2.21. The number of pyridine rings is 1. The molecule has 4 N–H and O–H groups in total. The van der Waals surface area contributed by atoms with Gasteiger partial charge in [-0.3, -0.25) is 25.1 Å². The number of alkyl halides is 7. The molecule has 0 aliphatic carbocycles. The first-order valence-corrected chi connectivity index (χ1v) is 13.9. The highest BCUT2D eigenvalue weighted by Crippen LogP contribution is 2.37. The minimum absolute atomic E-state index is 0.0272. The molecule has 0 saturated carbocycles. The highest BCUT2D eigenvalue weighted by molar-refractivity contribution is 5.57. The van der Waals surface area contributed by atoms with Crippen LogP contribution >= 0.6 is 0 Å². The summed E-state index contributed by atoms with van der Waals surface area (Å²) < 4.78 is 117. The number of rotatable bonds is 15. The molecule has 6 aromatic rings. The SMILES string of the molecule is FC(F)Oc1cc(Nc2cncc(OCc3cc(-c4cncc([C@H](Oc5cncc(Nc6cc(OC(F)F)n[nH]6)n5)C(F)(F)F)c4)on3)n2)[nH]n1. The second-order valence-electron chi connectivity index (χ2n) is 9.75. The number of nitrogens with zero attached hydrogens (tertiary/aromatic N) is 8. The second kappa shape index (κ2) is 14.8. The number of ether oxygens (including phenoxy) is 4. The van der Waals surface area contributed by atoms with Gasteiger partial charge in [0, 0.05) is 41.7 Å². The number of nitrogens with one attached hydrogen (secondary N) is 4. The first kappa shape index (κ1) is 34.1. The van der Waals surface area contributed by atoms with Crippen LogP contribution in [0, 0.1) is 0 Å². The predicted molar refractivity (Wildman–Crippen MR) is 155 cm³/mol. The van der Waals surface area contributed by atoms with Crippen LogP contribution in [0.15, 0.2) is 66.0 Å². The van der Waals surface area contributed by atoms with Crippen molar-refractivity contribution in [3.8, 4) is 34.8 Å². The van der Waals surface area contributed by atoms with Crippen molar-refractivity contribution in [2.24, 2.45) is 0 Å². The number of aromatic nitrogens is 10. The minimum Gasteiger partial charge on any atom is -0.470 e. The highest BCUT2D eigenvalue weighted by atomic mass is 19.4. The molecule has 0 unspecified atom stereocenters. The molecule has 1 atom stereocenters. The zero-order chi connectivity index (χ0) is 36.0. The van der Waals surface area contributed by atoms with E-state index in [9.17, 15) is 30.7 Å². The Labute approximate surface area is 278 Å². The Bertz CT molecular complexity index is 2060. The molecule has 0 saturated heterocycles. The number of hydrogen-bond donors (Lipinski definition) is 4. The second-order valence-corrected chi connectivity index (χ2v) is 9.75. The predicted octanol–water partition coefficient (Wildman–Crippen LogP) is 5.71. The van der Waals surface area contributed by atoms with Crippen LogP contribution in [-0.2, 0) is 6.61 Å². The molecular formula is C27H19F7N12O5. The molecule has 0 fully saturated rings. The summed E-state index contributed by atoms with van der Waals surface area (Å²) in [5.74, 6) is -0.981. The van der Waals surface area contributed by atoms with Crippen LogP contribution in [-0.4, -0.2) is 69.9 Å². The summed E-state index contributed by atoms with van der Waals surface area (Å²) in [7, 11) is 0. The molecule has 6 rings (SSSR count). The molecule has 266 valence electrons. The Kier molecular flexibility index (Phi) is 9.90. The molecule has 6 aromatic heterocycles. The maximum Gasteiger partial charge on any atom is 0.429 e. The number of aromatic amines is 2. The van der Waals surface area contributed by atoms with Crippen molar-refractivity contribution in [2.45, 2.75) is 32.1 Å². The molecule has 0 aliphatic heterocycles. The van der Waals surface area contributed by atoms with Crippen molar-refractivity contribution in [3.63, 3.8) is 0 Å². The standard InChI is InChI=1S/C27H19F7N12O5/c28-25(29)49-20-3-16(42-44-20)38-18-7-36-9-22(40-18)47-11-14-2-15(51-46-14)12-1-13(6-35-5-12)24(27(32,33)34)48-23-10-37-8-19(41-23)39-17-4-21(45-43-17)50-26(30)31/h1-10,24-26H,11H2,(H2,38,40,42,44)(H2,39,41,43,45)/t24-/m0/s1. The van der Waals surface area contributed by atoms with E-state index < -0.39 is 42.8 Å². The summed E-state index contributed by atoms with van der Waals surface area (Å²) in [6.45, 7) is -6.37. The minimum atomic E-state index is -4.94. The highest BCUT2D eigenvalue weighted by Gasteiger charge is 2.44. The summed E-state index contributed by atoms with van der Waals surface area (Å²) in [5, 5.41) is 21.1. The maximum absolute atomic E-state index is 14.2. The van der Waals surface area contributed by atoms with Gasteiger partial charge in [-0.1, -0.05) is 5.16 Å². The molecule has 0 aromatic carbocycles. The van der Waals surface area contributed by atoms with Gasteiger partial charge < -0.3 is 34.1 Å². The average Bonchev–Trinajstić information content (AvgIpc) is 3.84. The number of hydrogen-bond acceptors (Lipinski definition) is 15. The number of halogens is 7. The lowest BCUT2D eigenvalue weighted by atomic mass is 10.1. The normalized spacial score (nSPS) is 12.2. The Hall–Kier alpha value is -6.75. The van der Waals surface area contributed by atoms with Crippen molar-refractivity contribution < 1.29 is 54.2 Å². The summed E-state index contributed by atoms with van der Waals surface area (Å²) >= 11 is 0. The summed E-state index contributed by atoms with van der Waals surface area (Å²) in [4.78, 5) is 19.8. The Balaban J connectivity index is 1.10. The van der Waals surface area contributed by atoms with Gasteiger partial charge in [0.25, 0.3) is 0 Å². The molecule has 0 radical (unpaired) electrons. The van der Waals surface area contributed by atoms with E-state index in [0.717, 1.165) is 30.7 Å². The van der Waals surface area contributed by atoms with Crippen molar-refractivity contribution in [1.29, 1.82) is 0 Å². The van der Waals surface area contributed by atoms with E-state index in [4.69, 9.17) is 14.0 Å². The van der Waals surface area contributed by atoms with Crippen LogP contribution in [0.4, 0.5) is 54.0 Å². The zero-order valence-corrected chi connectivity index (χ0v) is 25.0. The third-order valence-corrected chi connectivity index (χ3v) is 6.09. The lowest BCUT2D eigenvalue weighted by Crippen LogP contribution is -2.26. The van der Waals surface area contributed by atoms with Crippen LogP contribution < -0.4 is 29.6 Å². The number of H-pyrrole nitrogens is 2. The van der Waals surface area contributed by atoms with Crippen LogP contribution in [0.3, 0.4) is 0 Å². The molecule has 0 amide bonds. The van der Waals surface area contributed by atoms with Crippen LogP contribution in [0.2, 0.25) is 0 Å². The first-order valence-electron chi connectivity index (χ1n) is 13.9. The number of anilines is 4. The van der Waals surface area contributed by atoms with E-state index in [0.29, 0.717) is 0 Å². The molecule has 0 aliphatic rings. The third-order valence-electron chi connectivity index (χ3n) is 6.09. The molecular weight excluding hydrogens is 705 g/mol. The van der Waals surface area contributed by atoms with Crippen LogP contribution in [0.25, 0.3) is 11.3 Å². The smallest absolute Gasteiger partial charge is 0.429 e. The zero-order valence-electron chi connectivity index (χ0n) is 25.0. The monoisotopic (exact) mass is 724 g/mol. The lowest BCUT2D eigenvalue weighted by molar-refractivity contribution is -0.198. The fourth-order valence-electron chi connectivity index (χ4n) is 4.10. The van der Waals surface area contributed by atoms with Crippen molar-refractivity contribution in [3.05, 3.63) is 72.7 Å². The van der Waals surface area contributed by atoms with Gasteiger partial charge in [-0.2, -0.15) is 40.7 Å². The molecule has 0 spiro atoms. The summed E-state index contributed by atoms with van der Waals surface area (Å²) in [5.41, 5.74) is -0.0693. The van der Waals surface area contributed by atoms with Crippen molar-refractivity contribution in [2.75, 3.05) is 10.6 Å². The van der Waals surface area contributed by atoms with Crippen LogP contribution in [0.5, 0.6) is 23.5 Å². The molecule has 51 heavy (non-hydrogen) atoms. The van der Waals surface area contributed by atoms with Gasteiger partial charge in [-0.25, -0.2) is 0 Å². The molecule has 24 heteroatoms. The Morgan fingerprint density at radius 2 is 1.27 bits per heavy atom. The topological polar surface area (TPSA) is 209 Å². The van der Waals surface area contributed by atoms with E-state index in [1.807, 2.05) is 0 Å². The van der Waals surface area contributed by atoms with Crippen molar-refractivity contribution in [1.82, 2.24) is 50.5 Å². The summed E-state index contributed by atoms with van der Waals surface area (Å²) in [6.07, 6.45) is -0.616. The molecule has 6 heterocycles. The fourth-order valence-corrected chi connectivity index (χ4v) is 4.10. The summed E-state index contributed by atoms with van der Waals surface area (Å²) in [6, 6.07) is 4.78. The first-order chi connectivity index (χ1) is 24.5. The Morgan fingerprint density at radius 1 is 0.686 bits per heavy atom. The quantitative estimate of drug-likeness (QED) is 0.0935. The van der Waals surface area contributed by atoms with Gasteiger partial charge in [0.15, 0.2) is 17.4 Å². The van der Waals surface area contributed by atoms with Crippen LogP contribution in [0.1, 0.15) is 17.4 Å². The van der Waals surface area contributed by atoms with E-state index in [1.165, 1.54) is 30.7 Å². The van der Waals surface area contributed by atoms with Gasteiger partial charge in [0.2, 0.25) is 29.6 Å². The van der Waals surface area contributed by atoms with Gasteiger partial charge in [-0.15, -0.1) is 10.2 Å². The molecule has 0 bridgehead atoms. The van der Waals surface area contributed by atoms with E-state index in [2.05, 4.69) is 70.6 Å². The van der Waals surface area contributed by atoms with Gasteiger partial charge in [-0.05, 0) is 6.07 Å². The largest absolute Gasteiger partial charge is 0.470 e. The van der Waals surface area contributed by atoms with E-state index in [-0.39, 0.29) is 58.7 Å². The Morgan fingerprint density at radius 3 is 1.88 bits per heavy atom. The van der Waals surface area contributed by atoms with E-state index >= 15 is 0 Å². The van der Waals surface area contributed by atoms with E-state index in [1.54, 1.807) is 0 Å².